The van der Waals surface area contributed by atoms with Crippen LogP contribution in [0.15, 0.2) is 65.6 Å². The van der Waals surface area contributed by atoms with Gasteiger partial charge in [0.15, 0.2) is 11.5 Å². The molecule has 9 heteroatoms. The first-order valence-corrected chi connectivity index (χ1v) is 11.7. The SMILES string of the molecule is CCOc1ccc(C(=O)Nc2ccc(C)c(S(=O)(=O)Nc3ccccc3OC)c2)cc1OC. The molecule has 0 aliphatic rings. The highest BCUT2D eigenvalue weighted by Crippen LogP contribution is 2.30. The van der Waals surface area contributed by atoms with Gasteiger partial charge in [0.25, 0.3) is 15.9 Å². The van der Waals surface area contributed by atoms with Crippen LogP contribution in [-0.2, 0) is 10.0 Å². The number of carbonyl (C=O) groups is 1. The van der Waals surface area contributed by atoms with Crippen LogP contribution in [0.2, 0.25) is 0 Å². The fourth-order valence-electron chi connectivity index (χ4n) is 3.18. The van der Waals surface area contributed by atoms with Gasteiger partial charge in [-0.25, -0.2) is 8.42 Å². The van der Waals surface area contributed by atoms with Crippen molar-refractivity contribution >= 4 is 27.3 Å². The Morgan fingerprint density at radius 1 is 0.909 bits per heavy atom. The van der Waals surface area contributed by atoms with E-state index < -0.39 is 15.9 Å². The number of hydrogen-bond acceptors (Lipinski definition) is 6. The van der Waals surface area contributed by atoms with Gasteiger partial charge in [0, 0.05) is 11.3 Å². The lowest BCUT2D eigenvalue weighted by Gasteiger charge is -2.15. The van der Waals surface area contributed by atoms with Crippen molar-refractivity contribution in [3.63, 3.8) is 0 Å². The van der Waals surface area contributed by atoms with Gasteiger partial charge >= 0.3 is 0 Å². The number of amides is 1. The lowest BCUT2D eigenvalue weighted by Crippen LogP contribution is -2.16. The molecule has 0 aliphatic carbocycles. The van der Waals surface area contributed by atoms with Gasteiger partial charge in [-0.2, -0.15) is 0 Å². The zero-order valence-corrected chi connectivity index (χ0v) is 19.7. The molecule has 0 aromatic heterocycles. The van der Waals surface area contributed by atoms with Crippen molar-refractivity contribution in [3.8, 4) is 17.2 Å². The van der Waals surface area contributed by atoms with Gasteiger partial charge in [0.05, 0.1) is 31.4 Å². The summed E-state index contributed by atoms with van der Waals surface area (Å²) in [6, 6.07) is 16.2. The first-order chi connectivity index (χ1) is 15.8. The molecule has 0 aliphatic heterocycles. The van der Waals surface area contributed by atoms with E-state index in [2.05, 4.69) is 10.0 Å². The van der Waals surface area contributed by atoms with Crippen LogP contribution in [0.5, 0.6) is 17.2 Å². The molecule has 33 heavy (non-hydrogen) atoms. The maximum absolute atomic E-state index is 13.1. The number of aryl methyl sites for hydroxylation is 1. The molecule has 0 heterocycles. The Bertz CT molecular complexity index is 1260. The van der Waals surface area contributed by atoms with Crippen molar-refractivity contribution < 1.29 is 27.4 Å². The molecule has 0 radical (unpaired) electrons. The minimum absolute atomic E-state index is 0.0375. The number of anilines is 2. The Hall–Kier alpha value is -3.72. The minimum atomic E-state index is -3.94. The predicted molar refractivity (Wildman–Crippen MR) is 127 cm³/mol. The summed E-state index contributed by atoms with van der Waals surface area (Å²) in [5, 5.41) is 2.73. The van der Waals surface area contributed by atoms with Gasteiger partial charge < -0.3 is 19.5 Å². The Morgan fingerprint density at radius 3 is 2.33 bits per heavy atom. The first kappa shape index (κ1) is 23.9. The Balaban J connectivity index is 1.86. The number of nitrogens with one attached hydrogen (secondary N) is 2. The van der Waals surface area contributed by atoms with Gasteiger partial charge in [-0.3, -0.25) is 9.52 Å². The summed E-state index contributed by atoms with van der Waals surface area (Å²) in [4.78, 5) is 12.8. The van der Waals surface area contributed by atoms with E-state index in [1.165, 1.54) is 20.3 Å². The predicted octanol–water partition coefficient (Wildman–Crippen LogP) is 4.46. The molecule has 0 saturated carbocycles. The summed E-state index contributed by atoms with van der Waals surface area (Å²) in [5.74, 6) is 0.939. The van der Waals surface area contributed by atoms with Crippen LogP contribution in [0.3, 0.4) is 0 Å². The number of benzene rings is 3. The molecule has 0 saturated heterocycles. The summed E-state index contributed by atoms with van der Waals surface area (Å²) in [6.45, 7) is 4.00. The third-order valence-electron chi connectivity index (χ3n) is 4.81. The standard InChI is InChI=1S/C24H26N2O6S/c1-5-32-21-13-11-17(14-22(21)31-4)24(27)25-18-12-10-16(2)23(15-18)33(28,29)26-19-8-6-7-9-20(19)30-3/h6-15,26H,5H2,1-4H3,(H,25,27). The van der Waals surface area contributed by atoms with Crippen molar-refractivity contribution in [1.29, 1.82) is 0 Å². The number of methoxy groups -OCH3 is 2. The molecular weight excluding hydrogens is 444 g/mol. The van der Waals surface area contributed by atoms with Crippen LogP contribution in [0, 0.1) is 6.92 Å². The smallest absolute Gasteiger partial charge is 0.262 e. The minimum Gasteiger partial charge on any atom is -0.495 e. The maximum atomic E-state index is 13.1. The lowest BCUT2D eigenvalue weighted by molar-refractivity contribution is 0.102. The zero-order valence-electron chi connectivity index (χ0n) is 18.8. The highest BCUT2D eigenvalue weighted by atomic mass is 32.2. The van der Waals surface area contributed by atoms with E-state index in [9.17, 15) is 13.2 Å². The average molecular weight is 471 g/mol. The van der Waals surface area contributed by atoms with Crippen molar-refractivity contribution in [2.45, 2.75) is 18.7 Å². The topological polar surface area (TPSA) is 103 Å². The molecule has 1 amide bonds. The third-order valence-corrected chi connectivity index (χ3v) is 6.32. The second-order valence-electron chi connectivity index (χ2n) is 7.04. The molecule has 3 rings (SSSR count). The summed E-state index contributed by atoms with van der Waals surface area (Å²) in [7, 11) is -0.986. The molecule has 8 nitrogen and oxygen atoms in total. The van der Waals surface area contributed by atoms with E-state index in [-0.39, 0.29) is 4.90 Å². The first-order valence-electron chi connectivity index (χ1n) is 10.2. The molecule has 2 N–H and O–H groups in total. The number of carbonyl (C=O) groups excluding carboxylic acids is 1. The molecule has 0 spiro atoms. The van der Waals surface area contributed by atoms with Crippen molar-refractivity contribution in [1.82, 2.24) is 0 Å². The van der Waals surface area contributed by atoms with Gasteiger partial charge in [-0.15, -0.1) is 0 Å². The summed E-state index contributed by atoms with van der Waals surface area (Å²) < 4.78 is 44.7. The number of para-hydroxylation sites is 2. The fourth-order valence-corrected chi connectivity index (χ4v) is 4.53. The van der Waals surface area contributed by atoms with Crippen LogP contribution in [-0.4, -0.2) is 35.2 Å². The van der Waals surface area contributed by atoms with Crippen LogP contribution in [0.25, 0.3) is 0 Å². The van der Waals surface area contributed by atoms with Crippen LogP contribution in [0.4, 0.5) is 11.4 Å². The van der Waals surface area contributed by atoms with Crippen LogP contribution < -0.4 is 24.2 Å². The number of ether oxygens (including phenoxy) is 3. The van der Waals surface area contributed by atoms with Crippen LogP contribution in [0.1, 0.15) is 22.8 Å². The van der Waals surface area contributed by atoms with E-state index in [0.29, 0.717) is 46.4 Å². The highest BCUT2D eigenvalue weighted by Gasteiger charge is 2.20. The lowest BCUT2D eigenvalue weighted by atomic mass is 10.1. The summed E-state index contributed by atoms with van der Waals surface area (Å²) in [6.07, 6.45) is 0. The van der Waals surface area contributed by atoms with Crippen molar-refractivity contribution in [2.24, 2.45) is 0 Å². The van der Waals surface area contributed by atoms with Gasteiger partial charge in [0.2, 0.25) is 0 Å². The Morgan fingerprint density at radius 2 is 1.64 bits per heavy atom. The summed E-state index contributed by atoms with van der Waals surface area (Å²) >= 11 is 0. The number of hydrogen-bond donors (Lipinski definition) is 2. The van der Waals surface area contributed by atoms with E-state index >= 15 is 0 Å². The van der Waals surface area contributed by atoms with E-state index in [1.54, 1.807) is 61.5 Å². The number of rotatable bonds is 9. The second-order valence-corrected chi connectivity index (χ2v) is 8.69. The largest absolute Gasteiger partial charge is 0.495 e. The molecule has 3 aromatic carbocycles. The highest BCUT2D eigenvalue weighted by molar-refractivity contribution is 7.92. The van der Waals surface area contributed by atoms with Gasteiger partial charge in [-0.05, 0) is 61.9 Å². The molecule has 0 bridgehead atoms. The van der Waals surface area contributed by atoms with Gasteiger partial charge in [0.1, 0.15) is 5.75 Å². The fraction of sp³-hybridized carbons (Fsp3) is 0.208. The molecule has 0 unspecified atom stereocenters. The van der Waals surface area contributed by atoms with E-state index in [1.807, 2.05) is 6.92 Å². The molecule has 3 aromatic rings. The zero-order chi connectivity index (χ0) is 24.0. The Kier molecular flexibility index (Phi) is 7.44. The monoisotopic (exact) mass is 470 g/mol. The summed E-state index contributed by atoms with van der Waals surface area (Å²) in [5.41, 5.74) is 1.51. The molecule has 0 fully saturated rings. The average Bonchev–Trinajstić information content (AvgIpc) is 2.80. The van der Waals surface area contributed by atoms with Crippen LogP contribution >= 0.6 is 0 Å². The number of sulfonamides is 1. The molecule has 0 atom stereocenters. The second kappa shape index (κ2) is 10.3. The maximum Gasteiger partial charge on any atom is 0.262 e. The molecular formula is C24H26N2O6S. The molecule has 174 valence electrons. The third kappa shape index (κ3) is 5.56. The van der Waals surface area contributed by atoms with Crippen molar-refractivity contribution in [2.75, 3.05) is 30.9 Å². The quantitative estimate of drug-likeness (QED) is 0.479. The van der Waals surface area contributed by atoms with E-state index in [4.69, 9.17) is 14.2 Å². The normalized spacial score (nSPS) is 10.9. The van der Waals surface area contributed by atoms with Crippen molar-refractivity contribution in [3.05, 3.63) is 71.8 Å². The Labute approximate surface area is 193 Å². The van der Waals surface area contributed by atoms with E-state index in [0.717, 1.165) is 0 Å². The van der Waals surface area contributed by atoms with Gasteiger partial charge in [-0.1, -0.05) is 18.2 Å².